The Morgan fingerprint density at radius 1 is 1.44 bits per heavy atom. The molecule has 1 aromatic rings. The monoisotopic (exact) mass is 261 g/mol. The van der Waals surface area contributed by atoms with Crippen molar-refractivity contribution in [1.82, 2.24) is 0 Å². The lowest BCUT2D eigenvalue weighted by molar-refractivity contribution is -0.142. The Morgan fingerprint density at radius 2 is 2.12 bits per heavy atom. The minimum absolute atomic E-state index is 0.409. The van der Waals surface area contributed by atoms with E-state index in [4.69, 9.17) is 28.3 Å². The first-order valence-electron chi connectivity index (χ1n) is 4.34. The van der Waals surface area contributed by atoms with Crippen LogP contribution < -0.4 is 0 Å². The number of carbonyl (C=O) groups is 1. The molecule has 1 aromatic carbocycles. The van der Waals surface area contributed by atoms with Crippen LogP contribution >= 0.6 is 23.2 Å². The van der Waals surface area contributed by atoms with Gasteiger partial charge in [0.05, 0.1) is 15.8 Å². The number of aliphatic carboxylic acids is 1. The zero-order valence-electron chi connectivity index (χ0n) is 8.41. The average Bonchev–Trinajstić information content (AvgIpc) is 2.21. The maximum absolute atomic E-state index is 10.2. The molecule has 4 nitrogen and oxygen atoms in total. The highest BCUT2D eigenvalue weighted by molar-refractivity contribution is 6.42. The van der Waals surface area contributed by atoms with Crippen molar-refractivity contribution in [2.24, 2.45) is 5.16 Å². The molecule has 0 amide bonds. The average molecular weight is 262 g/mol. The van der Waals surface area contributed by atoms with E-state index in [0.717, 1.165) is 5.56 Å². The molecule has 0 bridgehead atoms. The number of halogens is 2. The second kappa shape index (κ2) is 5.72. The van der Waals surface area contributed by atoms with E-state index in [0.29, 0.717) is 15.8 Å². The van der Waals surface area contributed by atoms with Crippen LogP contribution in [0.1, 0.15) is 12.5 Å². The Bertz CT molecular complexity index is 432. The van der Waals surface area contributed by atoms with Crippen LogP contribution in [0.15, 0.2) is 23.4 Å². The van der Waals surface area contributed by atoms with Crippen molar-refractivity contribution in [1.29, 1.82) is 0 Å². The molecule has 1 N–H and O–H groups in total. The van der Waals surface area contributed by atoms with Crippen molar-refractivity contribution in [2.45, 2.75) is 6.92 Å². The highest BCUT2D eigenvalue weighted by atomic mass is 35.5. The van der Waals surface area contributed by atoms with Crippen molar-refractivity contribution in [3.63, 3.8) is 0 Å². The predicted octanol–water partition coefficient (Wildman–Crippen LogP) is 2.82. The van der Waals surface area contributed by atoms with E-state index in [1.54, 1.807) is 25.1 Å². The molecule has 6 heteroatoms. The van der Waals surface area contributed by atoms with E-state index < -0.39 is 12.6 Å². The van der Waals surface area contributed by atoms with Gasteiger partial charge >= 0.3 is 5.97 Å². The van der Waals surface area contributed by atoms with Crippen molar-refractivity contribution in [3.8, 4) is 0 Å². The molecular formula is C10H9Cl2NO3. The minimum Gasteiger partial charge on any atom is -0.479 e. The van der Waals surface area contributed by atoms with E-state index in [2.05, 4.69) is 9.99 Å². The Labute approximate surface area is 102 Å². The quantitative estimate of drug-likeness (QED) is 0.670. The minimum atomic E-state index is -1.08. The number of benzene rings is 1. The topological polar surface area (TPSA) is 58.9 Å². The Kier molecular flexibility index (Phi) is 4.58. The van der Waals surface area contributed by atoms with Crippen LogP contribution in [-0.2, 0) is 9.63 Å². The van der Waals surface area contributed by atoms with E-state index in [-0.39, 0.29) is 0 Å². The normalized spacial score (nSPS) is 11.3. The van der Waals surface area contributed by atoms with Gasteiger partial charge < -0.3 is 9.94 Å². The van der Waals surface area contributed by atoms with Gasteiger partial charge in [0.15, 0.2) is 0 Å². The van der Waals surface area contributed by atoms with Gasteiger partial charge in [-0.3, -0.25) is 0 Å². The SMILES string of the molecule is CC(=NOCC(=O)O)c1ccc(Cl)c(Cl)c1. The van der Waals surface area contributed by atoms with Gasteiger partial charge in [-0.1, -0.05) is 34.4 Å². The summed E-state index contributed by atoms with van der Waals surface area (Å²) in [6.45, 7) is 1.21. The molecule has 0 aromatic heterocycles. The lowest BCUT2D eigenvalue weighted by Crippen LogP contribution is -2.05. The van der Waals surface area contributed by atoms with Crippen molar-refractivity contribution >= 4 is 34.9 Å². The number of oxime groups is 1. The van der Waals surface area contributed by atoms with Gasteiger partial charge in [-0.05, 0) is 19.1 Å². The number of nitrogens with zero attached hydrogens (tertiary/aromatic N) is 1. The molecule has 86 valence electrons. The van der Waals surface area contributed by atoms with Gasteiger partial charge in [-0.15, -0.1) is 0 Å². The Hall–Kier alpha value is -1.26. The third kappa shape index (κ3) is 3.72. The number of carboxylic acids is 1. The van der Waals surface area contributed by atoms with Crippen molar-refractivity contribution in [2.75, 3.05) is 6.61 Å². The fourth-order valence-corrected chi connectivity index (χ4v) is 1.26. The smallest absolute Gasteiger partial charge is 0.344 e. The van der Waals surface area contributed by atoms with Crippen LogP contribution in [0.2, 0.25) is 10.0 Å². The molecule has 0 radical (unpaired) electrons. The zero-order chi connectivity index (χ0) is 12.1. The zero-order valence-corrected chi connectivity index (χ0v) is 9.92. The summed E-state index contributed by atoms with van der Waals surface area (Å²) < 4.78 is 0. The summed E-state index contributed by atoms with van der Waals surface area (Å²) >= 11 is 11.6. The fraction of sp³-hybridized carbons (Fsp3) is 0.200. The van der Waals surface area contributed by atoms with Crippen LogP contribution in [0.3, 0.4) is 0 Å². The van der Waals surface area contributed by atoms with E-state index in [1.807, 2.05) is 0 Å². The molecular weight excluding hydrogens is 253 g/mol. The molecule has 0 spiro atoms. The second-order valence-corrected chi connectivity index (χ2v) is 3.79. The number of rotatable bonds is 4. The molecule has 1 rings (SSSR count). The number of carboxylic acid groups (broad SMARTS) is 1. The molecule has 0 fully saturated rings. The van der Waals surface area contributed by atoms with Gasteiger partial charge in [0.25, 0.3) is 0 Å². The maximum atomic E-state index is 10.2. The third-order valence-corrected chi connectivity index (χ3v) is 2.47. The van der Waals surface area contributed by atoms with E-state index >= 15 is 0 Å². The van der Waals surface area contributed by atoms with E-state index in [9.17, 15) is 4.79 Å². The largest absolute Gasteiger partial charge is 0.479 e. The van der Waals surface area contributed by atoms with Crippen LogP contribution in [0.25, 0.3) is 0 Å². The summed E-state index contributed by atoms with van der Waals surface area (Å²) in [5.41, 5.74) is 1.25. The molecule has 0 unspecified atom stereocenters. The second-order valence-electron chi connectivity index (χ2n) is 2.97. The predicted molar refractivity (Wildman–Crippen MR) is 62.3 cm³/mol. The molecule has 0 atom stereocenters. The van der Waals surface area contributed by atoms with Gasteiger partial charge in [0, 0.05) is 5.56 Å². The molecule has 0 aliphatic heterocycles. The van der Waals surface area contributed by atoms with Gasteiger partial charge in [-0.2, -0.15) is 0 Å². The molecule has 0 saturated heterocycles. The first kappa shape index (κ1) is 12.8. The molecule has 0 aliphatic rings. The maximum Gasteiger partial charge on any atom is 0.344 e. The lowest BCUT2D eigenvalue weighted by Gasteiger charge is -2.02. The molecule has 0 aliphatic carbocycles. The summed E-state index contributed by atoms with van der Waals surface area (Å²) in [6, 6.07) is 4.99. The lowest BCUT2D eigenvalue weighted by atomic mass is 10.1. The Balaban J connectivity index is 2.75. The van der Waals surface area contributed by atoms with E-state index in [1.165, 1.54) is 0 Å². The summed E-state index contributed by atoms with van der Waals surface area (Å²) in [4.78, 5) is 14.8. The fourth-order valence-electron chi connectivity index (χ4n) is 0.958. The summed E-state index contributed by atoms with van der Waals surface area (Å²) in [5.74, 6) is -1.08. The van der Waals surface area contributed by atoms with Gasteiger partial charge in [-0.25, -0.2) is 4.79 Å². The van der Waals surface area contributed by atoms with Crippen LogP contribution in [-0.4, -0.2) is 23.4 Å². The molecule has 16 heavy (non-hydrogen) atoms. The van der Waals surface area contributed by atoms with Crippen LogP contribution in [0.5, 0.6) is 0 Å². The highest BCUT2D eigenvalue weighted by Gasteiger charge is 2.03. The van der Waals surface area contributed by atoms with Crippen LogP contribution in [0.4, 0.5) is 0 Å². The molecule has 0 heterocycles. The molecule has 0 saturated carbocycles. The highest BCUT2D eigenvalue weighted by Crippen LogP contribution is 2.22. The summed E-state index contributed by atoms with van der Waals surface area (Å²) in [5, 5.41) is 12.8. The first-order valence-corrected chi connectivity index (χ1v) is 5.10. The summed E-state index contributed by atoms with van der Waals surface area (Å²) in [7, 11) is 0. The third-order valence-electron chi connectivity index (χ3n) is 1.73. The number of hydrogen-bond donors (Lipinski definition) is 1. The number of hydrogen-bond acceptors (Lipinski definition) is 3. The standard InChI is InChI=1S/C10H9Cl2NO3/c1-6(13-16-5-10(14)15)7-2-3-8(11)9(12)4-7/h2-4H,5H2,1H3,(H,14,15). The van der Waals surface area contributed by atoms with Crippen molar-refractivity contribution in [3.05, 3.63) is 33.8 Å². The van der Waals surface area contributed by atoms with Crippen molar-refractivity contribution < 1.29 is 14.7 Å². The van der Waals surface area contributed by atoms with Gasteiger partial charge in [0.2, 0.25) is 6.61 Å². The van der Waals surface area contributed by atoms with Crippen LogP contribution in [0, 0.1) is 0 Å². The Morgan fingerprint density at radius 3 is 2.69 bits per heavy atom. The summed E-state index contributed by atoms with van der Waals surface area (Å²) in [6.07, 6.45) is 0. The van der Waals surface area contributed by atoms with Gasteiger partial charge in [0.1, 0.15) is 0 Å². The first-order chi connectivity index (χ1) is 7.50.